The van der Waals surface area contributed by atoms with Gasteiger partial charge >= 0.3 is 0 Å². The van der Waals surface area contributed by atoms with E-state index in [1.54, 1.807) is 43.5 Å². The van der Waals surface area contributed by atoms with Crippen molar-refractivity contribution in [2.24, 2.45) is 0 Å². The summed E-state index contributed by atoms with van der Waals surface area (Å²) in [4.78, 5) is 40.8. The van der Waals surface area contributed by atoms with E-state index in [9.17, 15) is 9.59 Å². The van der Waals surface area contributed by atoms with Gasteiger partial charge in [-0.1, -0.05) is 30.3 Å². The molecule has 0 spiro atoms. The lowest BCUT2D eigenvalue weighted by Crippen LogP contribution is -2.43. The highest BCUT2D eigenvalue weighted by molar-refractivity contribution is 5.97. The molecule has 0 saturated carbocycles. The Labute approximate surface area is 229 Å². The van der Waals surface area contributed by atoms with Crippen molar-refractivity contribution in [2.75, 3.05) is 56.0 Å². The van der Waals surface area contributed by atoms with Gasteiger partial charge in [0.2, 0.25) is 11.9 Å². The molecule has 0 aliphatic carbocycles. The SMILES string of the molecule is COc1cc(C(=O)NC2CCN(C)CC2)ccc1Nc1ncc2c(n1)N(Cc1ccccc1)CCC(=O)N2C. The summed E-state index contributed by atoms with van der Waals surface area (Å²) in [6.45, 7) is 3.12. The zero-order valence-corrected chi connectivity index (χ0v) is 22.7. The van der Waals surface area contributed by atoms with Crippen LogP contribution in [0.2, 0.25) is 0 Å². The Bertz CT molecular complexity index is 1330. The molecule has 0 radical (unpaired) electrons. The number of likely N-dealkylation sites (tertiary alicyclic amines) is 1. The molecule has 2 aliphatic rings. The fourth-order valence-corrected chi connectivity index (χ4v) is 4.97. The number of benzene rings is 2. The predicted molar refractivity (Wildman–Crippen MR) is 152 cm³/mol. The summed E-state index contributed by atoms with van der Waals surface area (Å²) in [5.74, 6) is 1.47. The van der Waals surface area contributed by atoms with Crippen LogP contribution in [0.3, 0.4) is 0 Å². The van der Waals surface area contributed by atoms with Crippen molar-refractivity contribution in [2.45, 2.75) is 31.8 Å². The van der Waals surface area contributed by atoms with E-state index in [0.29, 0.717) is 54.0 Å². The molecular weight excluding hydrogens is 494 g/mol. The van der Waals surface area contributed by atoms with Crippen molar-refractivity contribution >= 4 is 35.0 Å². The number of hydrogen-bond donors (Lipinski definition) is 2. The minimum atomic E-state index is -0.111. The first kappa shape index (κ1) is 26.4. The Morgan fingerprint density at radius 3 is 2.59 bits per heavy atom. The third-order valence-electron chi connectivity index (χ3n) is 7.36. The van der Waals surface area contributed by atoms with Crippen LogP contribution in [0.25, 0.3) is 0 Å². The summed E-state index contributed by atoms with van der Waals surface area (Å²) in [5, 5.41) is 6.39. The molecule has 10 nitrogen and oxygen atoms in total. The molecule has 2 aromatic carbocycles. The van der Waals surface area contributed by atoms with Crippen molar-refractivity contribution < 1.29 is 14.3 Å². The summed E-state index contributed by atoms with van der Waals surface area (Å²) >= 11 is 0. The van der Waals surface area contributed by atoms with Gasteiger partial charge in [0.1, 0.15) is 11.4 Å². The molecule has 0 bridgehead atoms. The van der Waals surface area contributed by atoms with Gasteiger partial charge in [-0.15, -0.1) is 0 Å². The molecule has 39 heavy (non-hydrogen) atoms. The third kappa shape index (κ3) is 6.12. The van der Waals surface area contributed by atoms with Gasteiger partial charge in [-0.05, 0) is 56.7 Å². The van der Waals surface area contributed by atoms with Gasteiger partial charge in [0.25, 0.3) is 5.91 Å². The zero-order chi connectivity index (χ0) is 27.4. The number of rotatable bonds is 7. The molecule has 1 fully saturated rings. The van der Waals surface area contributed by atoms with Crippen LogP contribution in [0, 0.1) is 0 Å². The van der Waals surface area contributed by atoms with Gasteiger partial charge in [-0.3, -0.25) is 9.59 Å². The highest BCUT2D eigenvalue weighted by atomic mass is 16.5. The second-order valence-electron chi connectivity index (χ2n) is 10.1. The van der Waals surface area contributed by atoms with Crippen LogP contribution in [0.4, 0.5) is 23.1 Å². The van der Waals surface area contributed by atoms with Crippen LogP contribution in [0.5, 0.6) is 5.75 Å². The standard InChI is InChI=1S/C29H35N7O3/c1-34-14-11-22(12-15-34)31-28(38)21-9-10-23(25(17-21)39-3)32-29-30-18-24-27(33-29)36(16-13-26(37)35(24)2)19-20-7-5-4-6-8-20/h4-10,17-18,22H,11-16,19H2,1-3H3,(H,31,38)(H,30,32,33). The van der Waals surface area contributed by atoms with Crippen LogP contribution in [-0.2, 0) is 11.3 Å². The summed E-state index contributed by atoms with van der Waals surface area (Å²) in [7, 11) is 5.42. The number of amides is 2. The number of nitrogens with one attached hydrogen (secondary N) is 2. The Morgan fingerprint density at radius 2 is 1.85 bits per heavy atom. The normalized spacial score (nSPS) is 16.4. The summed E-state index contributed by atoms with van der Waals surface area (Å²) in [6.07, 6.45) is 3.94. The van der Waals surface area contributed by atoms with Gasteiger partial charge in [0, 0.05) is 38.2 Å². The van der Waals surface area contributed by atoms with Crippen molar-refractivity contribution in [1.82, 2.24) is 20.2 Å². The van der Waals surface area contributed by atoms with E-state index >= 15 is 0 Å². The molecule has 5 rings (SSSR count). The highest BCUT2D eigenvalue weighted by Gasteiger charge is 2.26. The number of nitrogens with zero attached hydrogens (tertiary/aromatic N) is 5. The predicted octanol–water partition coefficient (Wildman–Crippen LogP) is 3.43. The van der Waals surface area contributed by atoms with E-state index < -0.39 is 0 Å². The van der Waals surface area contributed by atoms with Gasteiger partial charge in [0.05, 0.1) is 19.0 Å². The Balaban J connectivity index is 1.36. The van der Waals surface area contributed by atoms with Crippen LogP contribution in [-0.4, -0.2) is 73.6 Å². The number of methoxy groups -OCH3 is 1. The molecule has 0 atom stereocenters. The number of piperidine rings is 1. The molecule has 1 aromatic heterocycles. The minimum Gasteiger partial charge on any atom is -0.495 e. The number of anilines is 4. The summed E-state index contributed by atoms with van der Waals surface area (Å²) in [5.41, 5.74) is 2.96. The number of hydrogen-bond acceptors (Lipinski definition) is 8. The first-order valence-electron chi connectivity index (χ1n) is 13.3. The number of fused-ring (bicyclic) bond motifs is 1. The maximum Gasteiger partial charge on any atom is 0.251 e. The Kier molecular flexibility index (Phi) is 7.92. The number of carbonyl (C=O) groups excluding carboxylic acids is 2. The Hall–Kier alpha value is -4.18. The fourth-order valence-electron chi connectivity index (χ4n) is 4.97. The van der Waals surface area contributed by atoms with Gasteiger partial charge < -0.3 is 30.1 Å². The summed E-state index contributed by atoms with van der Waals surface area (Å²) < 4.78 is 5.61. The Morgan fingerprint density at radius 1 is 1.08 bits per heavy atom. The lowest BCUT2D eigenvalue weighted by Gasteiger charge is -2.29. The van der Waals surface area contributed by atoms with Crippen LogP contribution in [0.15, 0.2) is 54.7 Å². The molecule has 10 heteroatoms. The van der Waals surface area contributed by atoms with Crippen LogP contribution in [0.1, 0.15) is 35.2 Å². The molecule has 2 N–H and O–H groups in total. The van der Waals surface area contributed by atoms with Gasteiger partial charge in [0.15, 0.2) is 5.82 Å². The average Bonchev–Trinajstić information content (AvgIpc) is 3.07. The second-order valence-corrected chi connectivity index (χ2v) is 10.1. The van der Waals surface area contributed by atoms with Crippen molar-refractivity contribution in [3.8, 4) is 5.75 Å². The number of aromatic nitrogens is 2. The van der Waals surface area contributed by atoms with E-state index in [-0.39, 0.29) is 17.9 Å². The van der Waals surface area contributed by atoms with E-state index in [0.717, 1.165) is 31.5 Å². The smallest absolute Gasteiger partial charge is 0.251 e. The third-order valence-corrected chi connectivity index (χ3v) is 7.36. The van der Waals surface area contributed by atoms with E-state index in [4.69, 9.17) is 9.72 Å². The monoisotopic (exact) mass is 529 g/mol. The van der Waals surface area contributed by atoms with E-state index in [2.05, 4.69) is 44.6 Å². The largest absolute Gasteiger partial charge is 0.495 e. The maximum absolute atomic E-state index is 12.9. The zero-order valence-electron chi connectivity index (χ0n) is 22.7. The molecule has 1 saturated heterocycles. The highest BCUT2D eigenvalue weighted by Crippen LogP contribution is 2.33. The first-order chi connectivity index (χ1) is 18.9. The molecule has 204 valence electrons. The molecule has 3 aromatic rings. The van der Waals surface area contributed by atoms with E-state index in [1.807, 2.05) is 18.2 Å². The lowest BCUT2D eigenvalue weighted by molar-refractivity contribution is -0.118. The molecule has 2 aliphatic heterocycles. The molecule has 3 heterocycles. The van der Waals surface area contributed by atoms with Crippen molar-refractivity contribution in [3.63, 3.8) is 0 Å². The van der Waals surface area contributed by atoms with Crippen molar-refractivity contribution in [3.05, 3.63) is 65.9 Å². The maximum atomic E-state index is 12.9. The molecule has 2 amide bonds. The van der Waals surface area contributed by atoms with Crippen LogP contribution < -0.4 is 25.2 Å². The second kappa shape index (κ2) is 11.7. The van der Waals surface area contributed by atoms with E-state index in [1.165, 1.54) is 0 Å². The lowest BCUT2D eigenvalue weighted by atomic mass is 10.0. The number of ether oxygens (including phenoxy) is 1. The molecular formula is C29H35N7O3. The minimum absolute atomic E-state index is 0.0203. The summed E-state index contributed by atoms with van der Waals surface area (Å²) in [6, 6.07) is 15.6. The van der Waals surface area contributed by atoms with Crippen LogP contribution >= 0.6 is 0 Å². The topological polar surface area (TPSA) is 103 Å². The first-order valence-corrected chi connectivity index (χ1v) is 13.3. The quantitative estimate of drug-likeness (QED) is 0.480. The van der Waals surface area contributed by atoms with Gasteiger partial charge in [-0.25, -0.2) is 4.98 Å². The fraction of sp³-hybridized carbons (Fsp3) is 0.379. The average molecular weight is 530 g/mol. The van der Waals surface area contributed by atoms with Gasteiger partial charge in [-0.2, -0.15) is 4.98 Å². The molecule has 0 unspecified atom stereocenters. The number of carbonyl (C=O) groups is 2. The van der Waals surface area contributed by atoms with Crippen molar-refractivity contribution in [1.29, 1.82) is 0 Å².